The maximum absolute atomic E-state index is 12.1. The van der Waals surface area contributed by atoms with Crippen molar-refractivity contribution in [1.29, 1.82) is 0 Å². The van der Waals surface area contributed by atoms with E-state index in [1.54, 1.807) is 0 Å². The molecule has 0 aliphatic carbocycles. The van der Waals surface area contributed by atoms with Crippen molar-refractivity contribution < 1.29 is 9.59 Å². The Labute approximate surface area is 136 Å². The van der Waals surface area contributed by atoms with Crippen LogP contribution in [-0.4, -0.2) is 11.8 Å². The predicted octanol–water partition coefficient (Wildman–Crippen LogP) is 3.83. The minimum atomic E-state index is -0.315. The Balaban J connectivity index is 1.97. The molecule has 2 aromatic carbocycles. The molecule has 2 rings (SSSR count). The van der Waals surface area contributed by atoms with Crippen molar-refractivity contribution in [3.8, 4) is 0 Å². The lowest BCUT2D eigenvalue weighted by molar-refractivity contribution is -0.123. The van der Waals surface area contributed by atoms with Gasteiger partial charge in [0.05, 0.1) is 0 Å². The molecule has 0 radical (unpaired) electrons. The Hall–Kier alpha value is -2.62. The van der Waals surface area contributed by atoms with Gasteiger partial charge in [0, 0.05) is 11.4 Å². The quantitative estimate of drug-likeness (QED) is 0.825. The van der Waals surface area contributed by atoms with Crippen LogP contribution < -0.4 is 10.6 Å². The highest BCUT2D eigenvalue weighted by molar-refractivity contribution is 6.08. The zero-order chi connectivity index (χ0) is 16.8. The van der Waals surface area contributed by atoms with Gasteiger partial charge in [0.25, 0.3) is 0 Å². The molecule has 2 N–H and O–H groups in total. The molecule has 0 heterocycles. The largest absolute Gasteiger partial charge is 0.325 e. The summed E-state index contributed by atoms with van der Waals surface area (Å²) >= 11 is 0. The van der Waals surface area contributed by atoms with Gasteiger partial charge in [0.1, 0.15) is 6.42 Å². The summed E-state index contributed by atoms with van der Waals surface area (Å²) in [5, 5.41) is 5.60. The number of para-hydroxylation sites is 1. The second-order valence-corrected chi connectivity index (χ2v) is 5.60. The number of amides is 2. The Morgan fingerprint density at radius 1 is 0.913 bits per heavy atom. The lowest BCUT2D eigenvalue weighted by Crippen LogP contribution is -2.22. The summed E-state index contributed by atoms with van der Waals surface area (Å²) in [4.78, 5) is 24.1. The standard InChI is InChI=1S/C19H22N2O2/c1-4-15-7-5-6-8-16(15)20-18(22)12-19(23)21-17-11-13(2)9-10-14(17)3/h5-11H,4,12H2,1-3H3,(H,20,22)(H,21,23). The normalized spacial score (nSPS) is 10.2. The van der Waals surface area contributed by atoms with E-state index in [1.165, 1.54) is 0 Å². The van der Waals surface area contributed by atoms with Crippen molar-refractivity contribution in [1.82, 2.24) is 0 Å². The number of hydrogen-bond donors (Lipinski definition) is 2. The van der Waals surface area contributed by atoms with Crippen LogP contribution in [0.1, 0.15) is 30.0 Å². The van der Waals surface area contributed by atoms with Gasteiger partial charge in [-0.3, -0.25) is 9.59 Å². The van der Waals surface area contributed by atoms with Gasteiger partial charge in [0.2, 0.25) is 11.8 Å². The monoisotopic (exact) mass is 310 g/mol. The number of rotatable bonds is 5. The van der Waals surface area contributed by atoms with Crippen LogP contribution in [0.3, 0.4) is 0 Å². The molecule has 0 bridgehead atoms. The molecule has 0 saturated carbocycles. The Bertz CT molecular complexity index is 723. The Morgan fingerprint density at radius 2 is 1.57 bits per heavy atom. The number of aryl methyl sites for hydroxylation is 3. The summed E-state index contributed by atoms with van der Waals surface area (Å²) in [5.74, 6) is -0.626. The van der Waals surface area contributed by atoms with Gasteiger partial charge in [0.15, 0.2) is 0 Å². The van der Waals surface area contributed by atoms with Crippen molar-refractivity contribution in [3.05, 3.63) is 59.2 Å². The van der Waals surface area contributed by atoms with E-state index in [-0.39, 0.29) is 18.2 Å². The molecule has 0 spiro atoms. The summed E-state index contributed by atoms with van der Waals surface area (Å²) in [6, 6.07) is 13.4. The molecule has 0 fully saturated rings. The molecule has 0 aromatic heterocycles. The zero-order valence-electron chi connectivity index (χ0n) is 13.8. The number of anilines is 2. The summed E-state index contributed by atoms with van der Waals surface area (Å²) in [7, 11) is 0. The van der Waals surface area contributed by atoms with E-state index in [0.717, 1.165) is 34.5 Å². The van der Waals surface area contributed by atoms with Crippen LogP contribution in [0, 0.1) is 13.8 Å². The minimum absolute atomic E-state index is 0.203. The molecular weight excluding hydrogens is 288 g/mol. The smallest absolute Gasteiger partial charge is 0.233 e. The van der Waals surface area contributed by atoms with Crippen molar-refractivity contribution in [2.24, 2.45) is 0 Å². The lowest BCUT2D eigenvalue weighted by atomic mass is 10.1. The van der Waals surface area contributed by atoms with Crippen LogP contribution >= 0.6 is 0 Å². The highest BCUT2D eigenvalue weighted by atomic mass is 16.2. The average molecular weight is 310 g/mol. The number of carbonyl (C=O) groups is 2. The average Bonchev–Trinajstić information content (AvgIpc) is 2.51. The van der Waals surface area contributed by atoms with Gasteiger partial charge in [-0.1, -0.05) is 37.3 Å². The van der Waals surface area contributed by atoms with E-state index in [0.29, 0.717) is 0 Å². The summed E-state index contributed by atoms with van der Waals surface area (Å²) < 4.78 is 0. The van der Waals surface area contributed by atoms with Crippen molar-refractivity contribution in [2.75, 3.05) is 10.6 Å². The first-order valence-electron chi connectivity index (χ1n) is 7.74. The second kappa shape index (κ2) is 7.58. The molecule has 2 amide bonds. The third-order valence-electron chi connectivity index (χ3n) is 3.66. The highest BCUT2D eigenvalue weighted by Crippen LogP contribution is 2.18. The fourth-order valence-corrected chi connectivity index (χ4v) is 2.36. The van der Waals surface area contributed by atoms with E-state index < -0.39 is 0 Å². The third-order valence-corrected chi connectivity index (χ3v) is 3.66. The molecule has 0 aliphatic heterocycles. The van der Waals surface area contributed by atoms with E-state index in [9.17, 15) is 9.59 Å². The molecule has 0 atom stereocenters. The van der Waals surface area contributed by atoms with Gasteiger partial charge >= 0.3 is 0 Å². The summed E-state index contributed by atoms with van der Waals surface area (Å²) in [5.41, 5.74) is 4.60. The van der Waals surface area contributed by atoms with E-state index in [1.807, 2.05) is 63.2 Å². The summed E-state index contributed by atoms with van der Waals surface area (Å²) in [6.45, 7) is 5.91. The first kappa shape index (κ1) is 16.7. The molecule has 0 aliphatic rings. The van der Waals surface area contributed by atoms with Crippen LogP contribution in [0.2, 0.25) is 0 Å². The van der Waals surface area contributed by atoms with E-state index in [4.69, 9.17) is 0 Å². The number of hydrogen-bond acceptors (Lipinski definition) is 2. The highest BCUT2D eigenvalue weighted by Gasteiger charge is 2.12. The predicted molar refractivity (Wildman–Crippen MR) is 93.6 cm³/mol. The molecule has 2 aromatic rings. The fourth-order valence-electron chi connectivity index (χ4n) is 2.36. The van der Waals surface area contributed by atoms with Gasteiger partial charge < -0.3 is 10.6 Å². The van der Waals surface area contributed by atoms with E-state index in [2.05, 4.69) is 10.6 Å². The van der Waals surface area contributed by atoms with Gasteiger partial charge in [-0.05, 0) is 49.1 Å². The molecule has 120 valence electrons. The van der Waals surface area contributed by atoms with Crippen LogP contribution in [0.25, 0.3) is 0 Å². The zero-order valence-corrected chi connectivity index (χ0v) is 13.8. The summed E-state index contributed by atoms with van der Waals surface area (Å²) in [6.07, 6.45) is 0.622. The van der Waals surface area contributed by atoms with Crippen LogP contribution in [0.4, 0.5) is 11.4 Å². The maximum atomic E-state index is 12.1. The van der Waals surface area contributed by atoms with E-state index >= 15 is 0 Å². The molecule has 4 heteroatoms. The van der Waals surface area contributed by atoms with Gasteiger partial charge in [-0.15, -0.1) is 0 Å². The van der Waals surface area contributed by atoms with Gasteiger partial charge in [-0.2, -0.15) is 0 Å². The van der Waals surface area contributed by atoms with Crippen molar-refractivity contribution in [2.45, 2.75) is 33.6 Å². The minimum Gasteiger partial charge on any atom is -0.325 e. The number of nitrogens with one attached hydrogen (secondary N) is 2. The fraction of sp³-hybridized carbons (Fsp3) is 0.263. The SMILES string of the molecule is CCc1ccccc1NC(=O)CC(=O)Nc1cc(C)ccc1C. The van der Waals surface area contributed by atoms with Gasteiger partial charge in [-0.25, -0.2) is 0 Å². The third kappa shape index (κ3) is 4.68. The topological polar surface area (TPSA) is 58.2 Å². The number of carbonyl (C=O) groups excluding carboxylic acids is 2. The Morgan fingerprint density at radius 3 is 2.26 bits per heavy atom. The Kier molecular flexibility index (Phi) is 5.52. The first-order chi connectivity index (χ1) is 11.0. The van der Waals surface area contributed by atoms with Crippen molar-refractivity contribution in [3.63, 3.8) is 0 Å². The maximum Gasteiger partial charge on any atom is 0.233 e. The molecule has 23 heavy (non-hydrogen) atoms. The van der Waals surface area contributed by atoms with Crippen molar-refractivity contribution >= 4 is 23.2 Å². The van der Waals surface area contributed by atoms with Crippen LogP contribution in [0.15, 0.2) is 42.5 Å². The molecular formula is C19H22N2O2. The molecule has 0 saturated heterocycles. The number of benzene rings is 2. The first-order valence-corrected chi connectivity index (χ1v) is 7.74. The molecule has 4 nitrogen and oxygen atoms in total. The van der Waals surface area contributed by atoms with Crippen LogP contribution in [0.5, 0.6) is 0 Å². The van der Waals surface area contributed by atoms with Crippen LogP contribution in [-0.2, 0) is 16.0 Å². The lowest BCUT2D eigenvalue weighted by Gasteiger charge is -2.11. The molecule has 0 unspecified atom stereocenters. The second-order valence-electron chi connectivity index (χ2n) is 5.60.